The Morgan fingerprint density at radius 2 is 2.55 bits per heavy atom. The number of hydrogen-bond acceptors (Lipinski definition) is 3. The zero-order valence-corrected chi connectivity index (χ0v) is 6.71. The lowest BCUT2D eigenvalue weighted by atomic mass is 10.2. The quantitative estimate of drug-likeness (QED) is 0.530. The third-order valence-corrected chi connectivity index (χ3v) is 1.94. The Kier molecular flexibility index (Phi) is 2.84. The Hall–Kier alpha value is -0.610. The van der Waals surface area contributed by atoms with E-state index in [0.717, 1.165) is 6.54 Å². The highest BCUT2D eigenvalue weighted by atomic mass is 16.3. The van der Waals surface area contributed by atoms with Crippen molar-refractivity contribution >= 4 is 5.91 Å². The summed E-state index contributed by atoms with van der Waals surface area (Å²) in [6, 6.07) is 0.0626. The van der Waals surface area contributed by atoms with Gasteiger partial charge in [-0.1, -0.05) is 0 Å². The molecule has 0 radical (unpaired) electrons. The minimum atomic E-state index is 0.0626. The van der Waals surface area contributed by atoms with Crippen molar-refractivity contribution in [2.24, 2.45) is 0 Å². The first kappa shape index (κ1) is 8.49. The van der Waals surface area contributed by atoms with Gasteiger partial charge < -0.3 is 15.3 Å². The number of nitrogens with one attached hydrogen (secondary N) is 1. The molecule has 1 aliphatic rings. The second kappa shape index (κ2) is 3.69. The van der Waals surface area contributed by atoms with Crippen LogP contribution in [0.3, 0.4) is 0 Å². The van der Waals surface area contributed by atoms with Crippen LogP contribution in [0, 0.1) is 0 Å². The van der Waals surface area contributed by atoms with Gasteiger partial charge in [-0.2, -0.15) is 0 Å². The Bertz CT molecular complexity index is 149. The molecule has 1 aliphatic heterocycles. The molecule has 2 N–H and O–H groups in total. The molecule has 1 saturated heterocycles. The van der Waals surface area contributed by atoms with Crippen LogP contribution in [0.15, 0.2) is 0 Å². The number of aliphatic hydroxyl groups excluding tert-OH is 1. The summed E-state index contributed by atoms with van der Waals surface area (Å²) in [5, 5.41) is 11.7. The van der Waals surface area contributed by atoms with E-state index in [9.17, 15) is 4.79 Å². The van der Waals surface area contributed by atoms with Gasteiger partial charge in [-0.05, 0) is 6.92 Å². The molecule has 0 aliphatic carbocycles. The maximum atomic E-state index is 11.1. The fraction of sp³-hybridized carbons (Fsp3) is 0.857. The lowest BCUT2D eigenvalue weighted by Gasteiger charge is -2.31. The number of amides is 1. The van der Waals surface area contributed by atoms with E-state index in [1.807, 2.05) is 6.92 Å². The van der Waals surface area contributed by atoms with Gasteiger partial charge in [0, 0.05) is 19.1 Å². The van der Waals surface area contributed by atoms with Gasteiger partial charge in [-0.15, -0.1) is 0 Å². The number of carbonyl (C=O) groups is 1. The average Bonchev–Trinajstić information content (AvgIpc) is 2.05. The molecule has 0 aromatic carbocycles. The molecule has 0 bridgehead atoms. The largest absolute Gasteiger partial charge is 0.395 e. The predicted molar refractivity (Wildman–Crippen MR) is 41.1 cm³/mol. The van der Waals surface area contributed by atoms with Crippen LogP contribution in [-0.2, 0) is 4.79 Å². The van der Waals surface area contributed by atoms with Crippen LogP contribution in [0.2, 0.25) is 0 Å². The number of carbonyl (C=O) groups excluding carboxylic acids is 1. The number of nitrogens with zero attached hydrogens (tertiary/aromatic N) is 1. The molecule has 1 heterocycles. The van der Waals surface area contributed by atoms with E-state index < -0.39 is 0 Å². The van der Waals surface area contributed by atoms with Gasteiger partial charge in [0.2, 0.25) is 5.91 Å². The predicted octanol–water partition coefficient (Wildman–Crippen LogP) is -1.20. The summed E-state index contributed by atoms with van der Waals surface area (Å²) in [4.78, 5) is 12.8. The van der Waals surface area contributed by atoms with E-state index in [4.69, 9.17) is 5.11 Å². The molecule has 0 saturated carbocycles. The first-order valence-corrected chi connectivity index (χ1v) is 3.90. The number of hydrogen-bond donors (Lipinski definition) is 2. The molecule has 4 heteroatoms. The van der Waals surface area contributed by atoms with Gasteiger partial charge in [-0.25, -0.2) is 0 Å². The minimum Gasteiger partial charge on any atom is -0.395 e. The molecule has 0 spiro atoms. The second-order valence-electron chi connectivity index (χ2n) is 2.69. The van der Waals surface area contributed by atoms with Gasteiger partial charge in [0.25, 0.3) is 0 Å². The highest BCUT2D eigenvalue weighted by Crippen LogP contribution is 1.98. The maximum Gasteiger partial charge on any atom is 0.236 e. The first-order chi connectivity index (χ1) is 5.27. The van der Waals surface area contributed by atoms with Gasteiger partial charge in [-0.3, -0.25) is 4.79 Å². The number of piperazine rings is 1. The topological polar surface area (TPSA) is 52.6 Å². The summed E-state index contributed by atoms with van der Waals surface area (Å²) in [5.74, 6) is 0.122. The van der Waals surface area contributed by atoms with Crippen LogP contribution in [0.1, 0.15) is 6.92 Å². The summed E-state index contributed by atoms with van der Waals surface area (Å²) in [6.07, 6.45) is 0. The van der Waals surface area contributed by atoms with Crippen molar-refractivity contribution < 1.29 is 9.90 Å². The Balaban J connectivity index is 2.44. The maximum absolute atomic E-state index is 11.1. The highest BCUT2D eigenvalue weighted by Gasteiger charge is 2.22. The molecule has 4 nitrogen and oxygen atoms in total. The summed E-state index contributed by atoms with van der Waals surface area (Å²) in [6.45, 7) is 3.77. The molecular formula is C7H14N2O2. The van der Waals surface area contributed by atoms with Crippen molar-refractivity contribution in [1.82, 2.24) is 10.2 Å². The van der Waals surface area contributed by atoms with Gasteiger partial charge in [0.15, 0.2) is 0 Å². The molecule has 0 aromatic rings. The van der Waals surface area contributed by atoms with Crippen LogP contribution in [-0.4, -0.2) is 48.2 Å². The molecule has 1 rings (SSSR count). The lowest BCUT2D eigenvalue weighted by molar-refractivity contribution is -0.133. The van der Waals surface area contributed by atoms with E-state index in [1.165, 1.54) is 0 Å². The minimum absolute atomic E-state index is 0.0626. The first-order valence-electron chi connectivity index (χ1n) is 3.90. The SMILES string of the molecule is CCN1C[C@H](CO)NCC1=O. The van der Waals surface area contributed by atoms with Gasteiger partial charge in [0.1, 0.15) is 0 Å². The zero-order chi connectivity index (χ0) is 8.27. The van der Waals surface area contributed by atoms with Crippen LogP contribution in [0.4, 0.5) is 0 Å². The smallest absolute Gasteiger partial charge is 0.236 e. The van der Waals surface area contributed by atoms with Gasteiger partial charge >= 0.3 is 0 Å². The Labute approximate surface area is 66.2 Å². The van der Waals surface area contributed by atoms with E-state index in [-0.39, 0.29) is 18.6 Å². The van der Waals surface area contributed by atoms with Gasteiger partial charge in [0.05, 0.1) is 13.2 Å². The lowest BCUT2D eigenvalue weighted by Crippen LogP contribution is -2.55. The molecule has 64 valence electrons. The van der Waals surface area contributed by atoms with Crippen LogP contribution < -0.4 is 5.32 Å². The fourth-order valence-electron chi connectivity index (χ4n) is 1.20. The molecule has 11 heavy (non-hydrogen) atoms. The van der Waals surface area contributed by atoms with Crippen LogP contribution in [0.5, 0.6) is 0 Å². The number of aliphatic hydroxyl groups is 1. The molecule has 1 fully saturated rings. The summed E-state index contributed by atoms with van der Waals surface area (Å²) in [7, 11) is 0. The third-order valence-electron chi connectivity index (χ3n) is 1.94. The Morgan fingerprint density at radius 1 is 1.82 bits per heavy atom. The zero-order valence-electron chi connectivity index (χ0n) is 6.71. The molecule has 1 amide bonds. The van der Waals surface area contributed by atoms with Crippen molar-refractivity contribution in [2.45, 2.75) is 13.0 Å². The van der Waals surface area contributed by atoms with Crippen molar-refractivity contribution in [2.75, 3.05) is 26.2 Å². The van der Waals surface area contributed by atoms with Crippen molar-refractivity contribution in [1.29, 1.82) is 0 Å². The van der Waals surface area contributed by atoms with E-state index >= 15 is 0 Å². The third kappa shape index (κ3) is 1.91. The normalized spacial score (nSPS) is 25.8. The van der Waals surface area contributed by atoms with Crippen molar-refractivity contribution in [3.8, 4) is 0 Å². The fourth-order valence-corrected chi connectivity index (χ4v) is 1.20. The van der Waals surface area contributed by atoms with E-state index in [0.29, 0.717) is 13.1 Å². The molecule has 1 atom stereocenters. The summed E-state index contributed by atoms with van der Waals surface area (Å²) in [5.41, 5.74) is 0. The summed E-state index contributed by atoms with van der Waals surface area (Å²) >= 11 is 0. The number of rotatable bonds is 2. The monoisotopic (exact) mass is 158 g/mol. The Morgan fingerprint density at radius 3 is 3.09 bits per heavy atom. The number of likely N-dealkylation sites (N-methyl/N-ethyl adjacent to an activating group) is 1. The van der Waals surface area contributed by atoms with E-state index in [2.05, 4.69) is 5.32 Å². The average molecular weight is 158 g/mol. The molecule has 0 aromatic heterocycles. The second-order valence-corrected chi connectivity index (χ2v) is 2.69. The van der Waals surface area contributed by atoms with Crippen LogP contribution in [0.25, 0.3) is 0 Å². The standard InChI is InChI=1S/C7H14N2O2/c1-2-9-4-6(5-10)8-3-7(9)11/h6,8,10H,2-5H2,1H3/t6-/m1/s1. The molecular weight excluding hydrogens is 144 g/mol. The highest BCUT2D eigenvalue weighted by molar-refractivity contribution is 5.79. The van der Waals surface area contributed by atoms with E-state index in [1.54, 1.807) is 4.90 Å². The van der Waals surface area contributed by atoms with Crippen molar-refractivity contribution in [3.63, 3.8) is 0 Å². The van der Waals surface area contributed by atoms with Crippen molar-refractivity contribution in [3.05, 3.63) is 0 Å². The molecule has 0 unspecified atom stereocenters. The summed E-state index contributed by atoms with van der Waals surface area (Å²) < 4.78 is 0. The van der Waals surface area contributed by atoms with Crippen LogP contribution >= 0.6 is 0 Å².